The van der Waals surface area contributed by atoms with E-state index in [2.05, 4.69) is 15.6 Å². The van der Waals surface area contributed by atoms with Crippen molar-refractivity contribution in [2.24, 2.45) is 0 Å². The van der Waals surface area contributed by atoms with Gasteiger partial charge >= 0.3 is 0 Å². The van der Waals surface area contributed by atoms with Gasteiger partial charge < -0.3 is 10.1 Å². The number of benzene rings is 2. The minimum absolute atomic E-state index is 0.250. The van der Waals surface area contributed by atoms with Gasteiger partial charge in [-0.25, -0.2) is 4.98 Å². The molecule has 0 fully saturated rings. The number of rotatable bonds is 5. The average molecular weight is 409 g/mol. The number of nitrogens with zero attached hydrogens (tertiary/aromatic N) is 1. The second kappa shape index (κ2) is 7.79. The Bertz CT molecular complexity index is 1150. The Balaban J connectivity index is 1.58. The first-order chi connectivity index (χ1) is 13.7. The average Bonchev–Trinajstić information content (AvgIpc) is 3.37. The van der Waals surface area contributed by atoms with E-state index in [0.29, 0.717) is 32.5 Å². The number of carbonyl (C=O) groups is 2. The fourth-order valence-corrected chi connectivity index (χ4v) is 4.19. The summed E-state index contributed by atoms with van der Waals surface area (Å²) in [5.41, 5.74) is 1.50. The molecule has 140 valence electrons. The summed E-state index contributed by atoms with van der Waals surface area (Å²) in [6, 6.07) is 16.0. The smallest absolute Gasteiger partial charge is 0.265 e. The Morgan fingerprint density at radius 3 is 2.61 bits per heavy atom. The van der Waals surface area contributed by atoms with E-state index in [1.54, 1.807) is 43.5 Å². The van der Waals surface area contributed by atoms with Crippen molar-refractivity contribution in [1.29, 1.82) is 0 Å². The number of methoxy groups -OCH3 is 1. The molecule has 0 unspecified atom stereocenters. The summed E-state index contributed by atoms with van der Waals surface area (Å²) < 4.78 is 6.22. The number of hydrogen-bond donors (Lipinski definition) is 2. The van der Waals surface area contributed by atoms with Crippen molar-refractivity contribution in [3.63, 3.8) is 0 Å². The number of ether oxygens (including phenoxy) is 1. The number of hydrogen-bond acceptors (Lipinski definition) is 6. The number of para-hydroxylation sites is 2. The van der Waals surface area contributed by atoms with Gasteiger partial charge in [0.05, 0.1) is 27.9 Å². The van der Waals surface area contributed by atoms with Crippen molar-refractivity contribution in [3.05, 3.63) is 70.4 Å². The lowest BCUT2D eigenvalue weighted by Crippen LogP contribution is -2.17. The van der Waals surface area contributed by atoms with E-state index in [1.165, 1.54) is 22.7 Å². The summed E-state index contributed by atoms with van der Waals surface area (Å²) >= 11 is 2.70. The predicted octanol–water partition coefficient (Wildman–Crippen LogP) is 4.87. The molecule has 0 aliphatic rings. The third-order valence-corrected chi connectivity index (χ3v) is 5.79. The summed E-state index contributed by atoms with van der Waals surface area (Å²) in [7, 11) is 1.58. The molecule has 2 amide bonds. The highest BCUT2D eigenvalue weighted by molar-refractivity contribution is 7.22. The fraction of sp³-hybridized carbons (Fsp3) is 0.0500. The Morgan fingerprint density at radius 2 is 1.82 bits per heavy atom. The van der Waals surface area contributed by atoms with Crippen molar-refractivity contribution >= 4 is 55.5 Å². The molecule has 0 spiro atoms. The Labute approximate surface area is 168 Å². The quantitative estimate of drug-likeness (QED) is 0.493. The zero-order valence-electron chi connectivity index (χ0n) is 14.8. The maximum Gasteiger partial charge on any atom is 0.265 e. The predicted molar refractivity (Wildman–Crippen MR) is 113 cm³/mol. The van der Waals surface area contributed by atoms with E-state index in [4.69, 9.17) is 4.74 Å². The highest BCUT2D eigenvalue weighted by Gasteiger charge is 2.17. The molecule has 0 bridgehead atoms. The van der Waals surface area contributed by atoms with Gasteiger partial charge in [0.1, 0.15) is 11.3 Å². The largest absolute Gasteiger partial charge is 0.494 e. The SMILES string of the molecule is COc1cccc2sc(NC(=O)c3ccccc3NC(=O)c3cccs3)nc12. The van der Waals surface area contributed by atoms with Gasteiger partial charge in [-0.15, -0.1) is 11.3 Å². The fourth-order valence-electron chi connectivity index (χ4n) is 2.69. The van der Waals surface area contributed by atoms with Crippen LogP contribution < -0.4 is 15.4 Å². The third-order valence-electron chi connectivity index (χ3n) is 3.99. The van der Waals surface area contributed by atoms with Crippen LogP contribution in [0, 0.1) is 0 Å². The van der Waals surface area contributed by atoms with Gasteiger partial charge in [0.2, 0.25) is 0 Å². The minimum Gasteiger partial charge on any atom is -0.494 e. The Hall–Kier alpha value is -3.23. The number of thiophene rings is 1. The van der Waals surface area contributed by atoms with Crippen LogP contribution >= 0.6 is 22.7 Å². The van der Waals surface area contributed by atoms with Gasteiger partial charge in [-0.05, 0) is 35.7 Å². The lowest BCUT2D eigenvalue weighted by atomic mass is 10.1. The number of thiazole rings is 1. The number of aromatic nitrogens is 1. The molecule has 0 saturated heterocycles. The van der Waals surface area contributed by atoms with Gasteiger partial charge in [-0.2, -0.15) is 0 Å². The van der Waals surface area contributed by atoms with E-state index < -0.39 is 0 Å². The first-order valence-electron chi connectivity index (χ1n) is 8.34. The second-order valence-corrected chi connectivity index (χ2v) is 7.74. The maximum atomic E-state index is 12.8. The van der Waals surface area contributed by atoms with Gasteiger partial charge in [-0.3, -0.25) is 14.9 Å². The molecule has 0 atom stereocenters. The standard InChI is InChI=1S/C20H15N3O3S2/c1-26-14-8-4-9-15-17(14)22-20(28-15)23-18(24)12-6-2-3-7-13(12)21-19(25)16-10-5-11-27-16/h2-11H,1H3,(H,21,25)(H,22,23,24). The molecular formula is C20H15N3O3S2. The number of carbonyl (C=O) groups excluding carboxylic acids is 2. The van der Waals surface area contributed by atoms with Crippen LogP contribution in [0.25, 0.3) is 10.2 Å². The van der Waals surface area contributed by atoms with E-state index in [0.717, 1.165) is 4.70 Å². The number of nitrogens with one attached hydrogen (secondary N) is 2. The van der Waals surface area contributed by atoms with Crippen LogP contribution in [0.5, 0.6) is 5.75 Å². The maximum absolute atomic E-state index is 12.8. The van der Waals surface area contributed by atoms with Crippen LogP contribution in [0.15, 0.2) is 60.0 Å². The van der Waals surface area contributed by atoms with E-state index >= 15 is 0 Å². The molecule has 2 aromatic heterocycles. The third kappa shape index (κ3) is 3.60. The molecule has 8 heteroatoms. The molecule has 0 saturated carbocycles. The second-order valence-electron chi connectivity index (χ2n) is 5.76. The zero-order chi connectivity index (χ0) is 19.5. The molecule has 28 heavy (non-hydrogen) atoms. The summed E-state index contributed by atoms with van der Waals surface area (Å²) in [5.74, 6) is 0.0536. The first kappa shape index (κ1) is 18.1. The van der Waals surface area contributed by atoms with E-state index in [-0.39, 0.29) is 11.8 Å². The van der Waals surface area contributed by atoms with Crippen molar-refractivity contribution in [1.82, 2.24) is 4.98 Å². The van der Waals surface area contributed by atoms with Crippen LogP contribution in [-0.4, -0.2) is 23.9 Å². The van der Waals surface area contributed by atoms with Crippen molar-refractivity contribution in [2.75, 3.05) is 17.7 Å². The van der Waals surface area contributed by atoms with Crippen molar-refractivity contribution < 1.29 is 14.3 Å². The van der Waals surface area contributed by atoms with Crippen molar-refractivity contribution in [2.45, 2.75) is 0 Å². The summed E-state index contributed by atoms with van der Waals surface area (Å²) in [4.78, 5) is 30.2. The van der Waals surface area contributed by atoms with Crippen LogP contribution in [0.1, 0.15) is 20.0 Å². The van der Waals surface area contributed by atoms with Crippen molar-refractivity contribution in [3.8, 4) is 5.75 Å². The lowest BCUT2D eigenvalue weighted by molar-refractivity contribution is 0.102. The van der Waals surface area contributed by atoms with Gasteiger partial charge in [0, 0.05) is 0 Å². The highest BCUT2D eigenvalue weighted by Crippen LogP contribution is 2.32. The van der Waals surface area contributed by atoms with Gasteiger partial charge in [0.15, 0.2) is 5.13 Å². The normalized spacial score (nSPS) is 10.6. The molecule has 0 aliphatic carbocycles. The minimum atomic E-state index is -0.347. The molecular weight excluding hydrogens is 394 g/mol. The molecule has 4 rings (SSSR count). The number of amides is 2. The molecule has 2 aromatic carbocycles. The Morgan fingerprint density at radius 1 is 0.964 bits per heavy atom. The number of fused-ring (bicyclic) bond motifs is 1. The van der Waals surface area contributed by atoms with Crippen LogP contribution in [-0.2, 0) is 0 Å². The van der Waals surface area contributed by atoms with E-state index in [9.17, 15) is 9.59 Å². The van der Waals surface area contributed by atoms with Gasteiger partial charge in [0.25, 0.3) is 11.8 Å². The first-order valence-corrected chi connectivity index (χ1v) is 10.0. The molecule has 0 aliphatic heterocycles. The summed E-state index contributed by atoms with van der Waals surface area (Å²) in [6.07, 6.45) is 0. The molecule has 6 nitrogen and oxygen atoms in total. The molecule has 2 N–H and O–H groups in total. The van der Waals surface area contributed by atoms with Crippen LogP contribution in [0.2, 0.25) is 0 Å². The monoisotopic (exact) mass is 409 g/mol. The zero-order valence-corrected chi connectivity index (χ0v) is 16.4. The molecule has 2 heterocycles. The Kier molecular flexibility index (Phi) is 5.05. The topological polar surface area (TPSA) is 80.3 Å². The molecule has 0 radical (unpaired) electrons. The van der Waals surface area contributed by atoms with Crippen LogP contribution in [0.4, 0.5) is 10.8 Å². The lowest BCUT2D eigenvalue weighted by Gasteiger charge is -2.09. The summed E-state index contributed by atoms with van der Waals surface area (Å²) in [6.45, 7) is 0. The van der Waals surface area contributed by atoms with Gasteiger partial charge in [-0.1, -0.05) is 35.6 Å². The summed E-state index contributed by atoms with van der Waals surface area (Å²) in [5, 5.41) is 7.90. The highest BCUT2D eigenvalue weighted by atomic mass is 32.1. The number of anilines is 2. The molecule has 4 aromatic rings. The van der Waals surface area contributed by atoms with E-state index in [1.807, 2.05) is 23.6 Å². The van der Waals surface area contributed by atoms with Crippen LogP contribution in [0.3, 0.4) is 0 Å².